The Balaban J connectivity index is 1.61. The molecule has 0 saturated heterocycles. The van der Waals surface area contributed by atoms with E-state index in [4.69, 9.17) is 0 Å². The van der Waals surface area contributed by atoms with Gasteiger partial charge in [0.1, 0.15) is 0 Å². The van der Waals surface area contributed by atoms with Gasteiger partial charge in [-0.2, -0.15) is 11.3 Å². The number of nitrogens with one attached hydrogen (secondary N) is 2. The number of aryl methyl sites for hydroxylation is 2. The minimum Gasteiger partial charge on any atom is -0.354 e. The molecule has 0 amide bonds. The van der Waals surface area contributed by atoms with Crippen LogP contribution in [0.1, 0.15) is 23.4 Å². The molecule has 2 rings (SSSR count). The minimum atomic E-state index is 0.732. The molecule has 0 radical (unpaired) electrons. The summed E-state index contributed by atoms with van der Waals surface area (Å²) in [5.41, 5.74) is 3.37. The van der Waals surface area contributed by atoms with E-state index in [0.717, 1.165) is 43.4 Å². The molecule has 2 heterocycles. The summed E-state index contributed by atoms with van der Waals surface area (Å²) < 4.78 is 0. The van der Waals surface area contributed by atoms with Crippen molar-refractivity contribution in [3.05, 3.63) is 39.8 Å². The first-order valence-electron chi connectivity index (χ1n) is 6.52. The second kappa shape index (κ2) is 7.21. The average Bonchev–Trinajstić information content (AvgIpc) is 2.85. The number of thiophene rings is 1. The molecule has 2 aromatic heterocycles. The molecule has 2 N–H and O–H groups in total. The highest BCUT2D eigenvalue weighted by Crippen LogP contribution is 2.05. The van der Waals surface area contributed by atoms with Crippen molar-refractivity contribution in [2.45, 2.75) is 26.8 Å². The van der Waals surface area contributed by atoms with Crippen LogP contribution in [0.4, 0.5) is 5.95 Å². The second-order valence-electron chi connectivity index (χ2n) is 4.56. The third-order valence-electron chi connectivity index (χ3n) is 2.70. The molecule has 0 aliphatic carbocycles. The van der Waals surface area contributed by atoms with E-state index in [1.807, 2.05) is 19.9 Å². The molecule has 2 aromatic rings. The van der Waals surface area contributed by atoms with Gasteiger partial charge in [-0.25, -0.2) is 9.97 Å². The van der Waals surface area contributed by atoms with E-state index in [1.54, 1.807) is 11.3 Å². The second-order valence-corrected chi connectivity index (χ2v) is 5.34. The summed E-state index contributed by atoms with van der Waals surface area (Å²) in [5.74, 6) is 0.732. The summed E-state index contributed by atoms with van der Waals surface area (Å²) in [5, 5.41) is 11.0. The van der Waals surface area contributed by atoms with Gasteiger partial charge in [0, 0.05) is 24.5 Å². The highest BCUT2D eigenvalue weighted by molar-refractivity contribution is 7.07. The molecule has 0 saturated carbocycles. The lowest BCUT2D eigenvalue weighted by Gasteiger charge is -2.07. The summed E-state index contributed by atoms with van der Waals surface area (Å²) in [6, 6.07) is 4.13. The van der Waals surface area contributed by atoms with Crippen LogP contribution in [-0.2, 0) is 6.54 Å². The van der Waals surface area contributed by atoms with Crippen LogP contribution in [0.25, 0.3) is 0 Å². The molecule has 0 aliphatic rings. The number of nitrogens with zero attached hydrogens (tertiary/aromatic N) is 2. The van der Waals surface area contributed by atoms with Gasteiger partial charge in [0.15, 0.2) is 0 Å². The average molecular weight is 276 g/mol. The maximum absolute atomic E-state index is 4.35. The lowest BCUT2D eigenvalue weighted by Crippen LogP contribution is -2.18. The fourth-order valence-corrected chi connectivity index (χ4v) is 2.51. The largest absolute Gasteiger partial charge is 0.354 e. The molecule has 0 unspecified atom stereocenters. The van der Waals surface area contributed by atoms with Crippen molar-refractivity contribution < 1.29 is 0 Å². The smallest absolute Gasteiger partial charge is 0.223 e. The molecule has 102 valence electrons. The van der Waals surface area contributed by atoms with Crippen molar-refractivity contribution in [3.63, 3.8) is 0 Å². The molecule has 0 bridgehead atoms. The maximum atomic E-state index is 4.35. The van der Waals surface area contributed by atoms with Crippen LogP contribution in [0.5, 0.6) is 0 Å². The van der Waals surface area contributed by atoms with E-state index in [-0.39, 0.29) is 0 Å². The van der Waals surface area contributed by atoms with E-state index in [1.165, 1.54) is 5.56 Å². The molecule has 0 fully saturated rings. The van der Waals surface area contributed by atoms with E-state index in [0.29, 0.717) is 0 Å². The summed E-state index contributed by atoms with van der Waals surface area (Å²) in [6.45, 7) is 6.81. The Hall–Kier alpha value is -1.46. The van der Waals surface area contributed by atoms with Crippen LogP contribution in [0.2, 0.25) is 0 Å². The van der Waals surface area contributed by atoms with Gasteiger partial charge in [-0.1, -0.05) is 0 Å². The highest BCUT2D eigenvalue weighted by atomic mass is 32.1. The lowest BCUT2D eigenvalue weighted by atomic mass is 10.3. The van der Waals surface area contributed by atoms with Gasteiger partial charge in [0.25, 0.3) is 0 Å². The molecule has 0 aliphatic heterocycles. The molecule has 19 heavy (non-hydrogen) atoms. The van der Waals surface area contributed by atoms with Gasteiger partial charge in [-0.15, -0.1) is 0 Å². The number of hydrogen-bond donors (Lipinski definition) is 2. The Kier molecular flexibility index (Phi) is 5.30. The van der Waals surface area contributed by atoms with Crippen molar-refractivity contribution in [2.24, 2.45) is 0 Å². The Labute approximate surface area is 118 Å². The van der Waals surface area contributed by atoms with E-state index < -0.39 is 0 Å². The first-order chi connectivity index (χ1) is 9.24. The minimum absolute atomic E-state index is 0.732. The van der Waals surface area contributed by atoms with Crippen LogP contribution in [0, 0.1) is 13.8 Å². The van der Waals surface area contributed by atoms with Crippen molar-refractivity contribution in [3.8, 4) is 0 Å². The third kappa shape index (κ3) is 4.96. The van der Waals surface area contributed by atoms with Crippen LogP contribution < -0.4 is 10.6 Å². The van der Waals surface area contributed by atoms with Crippen LogP contribution >= 0.6 is 11.3 Å². The Morgan fingerprint density at radius 3 is 2.63 bits per heavy atom. The van der Waals surface area contributed by atoms with Gasteiger partial charge >= 0.3 is 0 Å². The third-order valence-corrected chi connectivity index (χ3v) is 3.44. The summed E-state index contributed by atoms with van der Waals surface area (Å²) >= 11 is 1.74. The lowest BCUT2D eigenvalue weighted by molar-refractivity contribution is 0.663. The van der Waals surface area contributed by atoms with Gasteiger partial charge < -0.3 is 10.6 Å². The quantitative estimate of drug-likeness (QED) is 0.764. The zero-order chi connectivity index (χ0) is 13.5. The van der Waals surface area contributed by atoms with Crippen molar-refractivity contribution in [1.82, 2.24) is 15.3 Å². The molecule has 4 nitrogen and oxygen atoms in total. The molecular formula is C14H20N4S. The van der Waals surface area contributed by atoms with Crippen LogP contribution in [-0.4, -0.2) is 23.1 Å². The zero-order valence-electron chi connectivity index (χ0n) is 11.4. The summed E-state index contributed by atoms with van der Waals surface area (Å²) in [4.78, 5) is 8.70. The van der Waals surface area contributed by atoms with Crippen molar-refractivity contribution in [2.75, 3.05) is 18.4 Å². The predicted molar refractivity (Wildman–Crippen MR) is 80.6 cm³/mol. The predicted octanol–water partition coefficient (Wildman–Crippen LogP) is 2.75. The summed E-state index contributed by atoms with van der Waals surface area (Å²) in [6.07, 6.45) is 1.06. The molecule has 0 atom stereocenters. The molecule has 0 aromatic carbocycles. The fourth-order valence-electron chi connectivity index (χ4n) is 1.84. The van der Waals surface area contributed by atoms with E-state index in [2.05, 4.69) is 37.4 Å². The maximum Gasteiger partial charge on any atom is 0.223 e. The van der Waals surface area contributed by atoms with Gasteiger partial charge in [0.2, 0.25) is 5.95 Å². The number of aromatic nitrogens is 2. The fraction of sp³-hybridized carbons (Fsp3) is 0.429. The van der Waals surface area contributed by atoms with Crippen molar-refractivity contribution >= 4 is 17.3 Å². The Bertz CT molecular complexity index is 476. The van der Waals surface area contributed by atoms with Crippen molar-refractivity contribution in [1.29, 1.82) is 0 Å². The monoisotopic (exact) mass is 276 g/mol. The number of rotatable bonds is 7. The highest BCUT2D eigenvalue weighted by Gasteiger charge is 1.98. The summed E-state index contributed by atoms with van der Waals surface area (Å²) in [7, 11) is 0. The van der Waals surface area contributed by atoms with Crippen LogP contribution in [0.15, 0.2) is 22.9 Å². The van der Waals surface area contributed by atoms with Gasteiger partial charge in [-0.3, -0.25) is 0 Å². The standard InChI is InChI=1S/C14H20N4S/c1-11-8-12(2)18-14(17-11)16-6-3-5-15-9-13-4-7-19-10-13/h4,7-8,10,15H,3,5-6,9H2,1-2H3,(H,16,17,18). The van der Waals surface area contributed by atoms with E-state index >= 15 is 0 Å². The molecule has 0 spiro atoms. The van der Waals surface area contributed by atoms with Gasteiger partial charge in [-0.05, 0) is 55.3 Å². The van der Waals surface area contributed by atoms with Gasteiger partial charge in [0.05, 0.1) is 0 Å². The SMILES string of the molecule is Cc1cc(C)nc(NCCCNCc2ccsc2)n1. The first kappa shape index (κ1) is 14.0. The van der Waals surface area contributed by atoms with E-state index in [9.17, 15) is 0 Å². The Morgan fingerprint density at radius 1 is 1.16 bits per heavy atom. The normalized spacial score (nSPS) is 10.6. The topological polar surface area (TPSA) is 49.8 Å². The zero-order valence-corrected chi connectivity index (χ0v) is 12.3. The number of hydrogen-bond acceptors (Lipinski definition) is 5. The van der Waals surface area contributed by atoms with Crippen LogP contribution in [0.3, 0.4) is 0 Å². The molecule has 5 heteroatoms. The number of anilines is 1. The first-order valence-corrected chi connectivity index (χ1v) is 7.46. The Morgan fingerprint density at radius 2 is 1.95 bits per heavy atom. The molecular weight excluding hydrogens is 256 g/mol.